The number of aromatic hydroxyl groups is 1. The fraction of sp³-hybridized carbons (Fsp3) is 0.600. The molecule has 0 spiro atoms. The number of hydrogen-bond donors (Lipinski definition) is 1. The molecule has 0 bridgehead atoms. The van der Waals surface area contributed by atoms with E-state index < -0.39 is 0 Å². The highest BCUT2D eigenvalue weighted by atomic mass is 16.5. The summed E-state index contributed by atoms with van der Waals surface area (Å²) in [7, 11) is 0. The third-order valence-electron chi connectivity index (χ3n) is 5.69. The lowest BCUT2D eigenvalue weighted by molar-refractivity contribution is 0.133. The monoisotopic (exact) mass is 313 g/mol. The molecule has 3 nitrogen and oxygen atoms in total. The molecule has 1 N–H and O–H groups in total. The summed E-state index contributed by atoms with van der Waals surface area (Å²) in [5.41, 5.74) is 4.90. The van der Waals surface area contributed by atoms with Gasteiger partial charge in [0.05, 0.1) is 5.56 Å². The van der Waals surface area contributed by atoms with Crippen LogP contribution in [0.3, 0.4) is 0 Å². The zero-order valence-corrected chi connectivity index (χ0v) is 14.3. The quantitative estimate of drug-likeness (QED) is 0.873. The average molecular weight is 313 g/mol. The Balaban J connectivity index is 1.80. The number of allylic oxidation sites excluding steroid dienone is 1. The first-order valence-electron chi connectivity index (χ1n) is 9.05. The molecule has 0 saturated carbocycles. The summed E-state index contributed by atoms with van der Waals surface area (Å²) in [5, 5.41) is 10.5. The molecule has 0 amide bonds. The van der Waals surface area contributed by atoms with Crippen LogP contribution >= 0.6 is 0 Å². The highest BCUT2D eigenvalue weighted by molar-refractivity contribution is 5.79. The van der Waals surface area contributed by atoms with Crippen LogP contribution in [-0.4, -0.2) is 28.7 Å². The number of hydrogen-bond acceptors (Lipinski definition) is 3. The number of nitrogens with zero attached hydrogens (tertiary/aromatic N) is 1. The van der Waals surface area contributed by atoms with Crippen molar-refractivity contribution in [3.63, 3.8) is 0 Å². The van der Waals surface area contributed by atoms with E-state index in [4.69, 9.17) is 4.74 Å². The SMILES string of the molecule is CC1(C)Oc2c(ccc(O)c2CN2CCCC2)C2=C1CCCC2. The Morgan fingerprint density at radius 1 is 1.09 bits per heavy atom. The Morgan fingerprint density at radius 2 is 1.83 bits per heavy atom. The van der Waals surface area contributed by atoms with E-state index in [0.29, 0.717) is 5.75 Å². The summed E-state index contributed by atoms with van der Waals surface area (Å²) in [4.78, 5) is 2.43. The Bertz CT molecular complexity index is 654. The minimum atomic E-state index is -0.254. The van der Waals surface area contributed by atoms with E-state index in [1.54, 1.807) is 0 Å². The Morgan fingerprint density at radius 3 is 2.61 bits per heavy atom. The van der Waals surface area contributed by atoms with Gasteiger partial charge in [0.2, 0.25) is 0 Å². The van der Waals surface area contributed by atoms with Gasteiger partial charge in [0.1, 0.15) is 17.1 Å². The van der Waals surface area contributed by atoms with Crippen molar-refractivity contribution in [1.82, 2.24) is 4.90 Å². The van der Waals surface area contributed by atoms with Crippen molar-refractivity contribution in [2.45, 2.75) is 64.5 Å². The summed E-state index contributed by atoms with van der Waals surface area (Å²) in [6, 6.07) is 3.93. The molecular formula is C20H27NO2. The number of fused-ring (bicyclic) bond motifs is 2. The third-order valence-corrected chi connectivity index (χ3v) is 5.69. The number of ether oxygens (including phenoxy) is 1. The number of phenolic OH excluding ortho intramolecular Hbond substituents is 1. The maximum atomic E-state index is 10.5. The largest absolute Gasteiger partial charge is 0.507 e. The van der Waals surface area contributed by atoms with Crippen LogP contribution < -0.4 is 4.74 Å². The normalized spacial score (nSPS) is 23.4. The smallest absolute Gasteiger partial charge is 0.136 e. The van der Waals surface area contributed by atoms with E-state index in [1.807, 2.05) is 6.07 Å². The molecule has 0 aromatic heterocycles. The number of rotatable bonds is 2. The van der Waals surface area contributed by atoms with Gasteiger partial charge in [-0.25, -0.2) is 0 Å². The van der Waals surface area contributed by atoms with Gasteiger partial charge in [0.25, 0.3) is 0 Å². The van der Waals surface area contributed by atoms with Gasteiger partial charge >= 0.3 is 0 Å². The molecule has 1 aromatic rings. The highest BCUT2D eigenvalue weighted by Crippen LogP contribution is 2.50. The van der Waals surface area contributed by atoms with Crippen molar-refractivity contribution in [2.24, 2.45) is 0 Å². The molecule has 0 atom stereocenters. The van der Waals surface area contributed by atoms with Crippen LogP contribution in [-0.2, 0) is 6.54 Å². The molecule has 2 aliphatic heterocycles. The van der Waals surface area contributed by atoms with E-state index in [9.17, 15) is 5.11 Å². The van der Waals surface area contributed by atoms with E-state index in [0.717, 1.165) is 43.8 Å². The predicted octanol–water partition coefficient (Wildman–Crippen LogP) is 4.49. The number of phenols is 1. The summed E-state index contributed by atoms with van der Waals surface area (Å²) >= 11 is 0. The Hall–Kier alpha value is -1.48. The summed E-state index contributed by atoms with van der Waals surface area (Å²) < 4.78 is 6.47. The maximum Gasteiger partial charge on any atom is 0.136 e. The second kappa shape index (κ2) is 5.55. The molecule has 23 heavy (non-hydrogen) atoms. The molecule has 2 heterocycles. The molecule has 1 saturated heterocycles. The Kier molecular flexibility index (Phi) is 3.64. The summed E-state index contributed by atoms with van der Waals surface area (Å²) in [5.74, 6) is 1.31. The first kappa shape index (κ1) is 15.1. The zero-order valence-electron chi connectivity index (χ0n) is 14.3. The second-order valence-corrected chi connectivity index (χ2v) is 7.70. The van der Waals surface area contributed by atoms with Crippen molar-refractivity contribution < 1.29 is 9.84 Å². The number of likely N-dealkylation sites (tertiary alicyclic amines) is 1. The van der Waals surface area contributed by atoms with Gasteiger partial charge < -0.3 is 9.84 Å². The van der Waals surface area contributed by atoms with Crippen LogP contribution in [0.5, 0.6) is 11.5 Å². The first-order valence-corrected chi connectivity index (χ1v) is 9.05. The second-order valence-electron chi connectivity index (χ2n) is 7.70. The van der Waals surface area contributed by atoms with Gasteiger partial charge in [-0.2, -0.15) is 0 Å². The predicted molar refractivity (Wildman–Crippen MR) is 92.7 cm³/mol. The fourth-order valence-corrected chi connectivity index (χ4v) is 4.47. The van der Waals surface area contributed by atoms with E-state index >= 15 is 0 Å². The van der Waals surface area contributed by atoms with E-state index in [1.165, 1.54) is 42.4 Å². The van der Waals surface area contributed by atoms with Crippen molar-refractivity contribution in [3.8, 4) is 11.5 Å². The standard InChI is InChI=1S/C20H27NO2/c1-20(2)17-8-4-3-7-14(17)15-9-10-18(22)16(19(15)23-20)13-21-11-5-6-12-21/h9-10,22H,3-8,11-13H2,1-2H3. The summed E-state index contributed by atoms with van der Waals surface area (Å²) in [6.07, 6.45) is 7.33. The van der Waals surface area contributed by atoms with Crippen LogP contribution in [0.2, 0.25) is 0 Å². The molecule has 0 unspecified atom stereocenters. The molecule has 3 aliphatic rings. The van der Waals surface area contributed by atoms with Crippen LogP contribution in [0, 0.1) is 0 Å². The zero-order chi connectivity index (χ0) is 16.0. The van der Waals surface area contributed by atoms with Crippen molar-refractivity contribution in [2.75, 3.05) is 13.1 Å². The minimum Gasteiger partial charge on any atom is -0.507 e. The molecular weight excluding hydrogens is 286 g/mol. The van der Waals surface area contributed by atoms with E-state index in [2.05, 4.69) is 24.8 Å². The van der Waals surface area contributed by atoms with Gasteiger partial charge in [-0.3, -0.25) is 4.90 Å². The van der Waals surface area contributed by atoms with Crippen molar-refractivity contribution in [1.29, 1.82) is 0 Å². The molecule has 1 aromatic carbocycles. The van der Waals surface area contributed by atoms with Crippen LogP contribution in [0.1, 0.15) is 63.5 Å². The van der Waals surface area contributed by atoms with Gasteiger partial charge in [-0.1, -0.05) is 0 Å². The lowest BCUT2D eigenvalue weighted by Crippen LogP contribution is -2.36. The average Bonchev–Trinajstić information content (AvgIpc) is 3.03. The third kappa shape index (κ3) is 2.55. The lowest BCUT2D eigenvalue weighted by Gasteiger charge is -2.40. The number of benzene rings is 1. The minimum absolute atomic E-state index is 0.254. The van der Waals surface area contributed by atoms with Gasteiger partial charge in [-0.05, 0) is 88.7 Å². The maximum absolute atomic E-state index is 10.5. The molecule has 3 heteroatoms. The Labute approximate surface area is 139 Å². The molecule has 4 rings (SSSR count). The topological polar surface area (TPSA) is 32.7 Å². The van der Waals surface area contributed by atoms with Crippen LogP contribution in [0.4, 0.5) is 0 Å². The van der Waals surface area contributed by atoms with Gasteiger partial charge in [0, 0.05) is 12.1 Å². The lowest BCUT2D eigenvalue weighted by atomic mass is 9.77. The molecule has 1 fully saturated rings. The molecule has 124 valence electrons. The van der Waals surface area contributed by atoms with E-state index in [-0.39, 0.29) is 5.60 Å². The summed E-state index contributed by atoms with van der Waals surface area (Å²) in [6.45, 7) is 7.41. The first-order chi connectivity index (χ1) is 11.1. The molecule has 1 aliphatic carbocycles. The van der Waals surface area contributed by atoms with Crippen molar-refractivity contribution in [3.05, 3.63) is 28.8 Å². The van der Waals surface area contributed by atoms with Crippen molar-refractivity contribution >= 4 is 5.57 Å². The fourth-order valence-electron chi connectivity index (χ4n) is 4.47. The van der Waals surface area contributed by atoms with Gasteiger partial charge in [0.15, 0.2) is 0 Å². The molecule has 0 radical (unpaired) electrons. The van der Waals surface area contributed by atoms with Crippen LogP contribution in [0.15, 0.2) is 17.7 Å². The van der Waals surface area contributed by atoms with Gasteiger partial charge in [-0.15, -0.1) is 0 Å². The highest BCUT2D eigenvalue weighted by Gasteiger charge is 2.37. The van der Waals surface area contributed by atoms with Crippen LogP contribution in [0.25, 0.3) is 5.57 Å².